The number of rotatable bonds is 4. The molecule has 2 saturated heterocycles. The van der Waals surface area contributed by atoms with Gasteiger partial charge in [-0.15, -0.1) is 11.3 Å². The lowest BCUT2D eigenvalue weighted by molar-refractivity contribution is -0.137. The predicted molar refractivity (Wildman–Crippen MR) is 91.1 cm³/mol. The van der Waals surface area contributed by atoms with Gasteiger partial charge in [-0.25, -0.2) is 0 Å². The number of amides is 1. The molecule has 1 aromatic rings. The van der Waals surface area contributed by atoms with Crippen LogP contribution in [0.2, 0.25) is 0 Å². The molecule has 4 nitrogen and oxygen atoms in total. The Hall–Kier alpha value is -0.910. The molecule has 2 aliphatic heterocycles. The average Bonchev–Trinajstić information content (AvgIpc) is 3.23. The van der Waals surface area contributed by atoms with Crippen LogP contribution in [0.25, 0.3) is 0 Å². The average molecular weight is 321 g/mol. The van der Waals surface area contributed by atoms with Gasteiger partial charge in [-0.05, 0) is 57.6 Å². The Labute approximate surface area is 137 Å². The molecular formula is C17H27N3OS. The van der Waals surface area contributed by atoms with Gasteiger partial charge in [0.2, 0.25) is 5.91 Å². The van der Waals surface area contributed by atoms with Crippen molar-refractivity contribution in [3.63, 3.8) is 0 Å². The van der Waals surface area contributed by atoms with Crippen molar-refractivity contribution in [2.45, 2.75) is 50.7 Å². The summed E-state index contributed by atoms with van der Waals surface area (Å²) < 4.78 is 0. The van der Waals surface area contributed by atoms with Crippen molar-refractivity contribution in [2.75, 3.05) is 26.7 Å². The van der Waals surface area contributed by atoms with E-state index in [-0.39, 0.29) is 6.04 Å². The first-order valence-electron chi connectivity index (χ1n) is 8.46. The Bertz CT molecular complexity index is 490. The molecule has 3 unspecified atom stereocenters. The Morgan fingerprint density at radius 1 is 1.36 bits per heavy atom. The zero-order valence-electron chi connectivity index (χ0n) is 13.6. The van der Waals surface area contributed by atoms with Crippen molar-refractivity contribution in [1.29, 1.82) is 0 Å². The van der Waals surface area contributed by atoms with Crippen LogP contribution in [0, 0.1) is 0 Å². The summed E-state index contributed by atoms with van der Waals surface area (Å²) in [7, 11) is 2.02. The fraction of sp³-hybridized carbons (Fsp3) is 0.706. The molecule has 0 spiro atoms. The minimum absolute atomic E-state index is 0.00304. The second kappa shape index (κ2) is 7.11. The Morgan fingerprint density at radius 3 is 2.91 bits per heavy atom. The van der Waals surface area contributed by atoms with E-state index in [1.54, 1.807) is 11.3 Å². The zero-order chi connectivity index (χ0) is 15.5. The molecule has 0 saturated carbocycles. The third-order valence-electron chi connectivity index (χ3n) is 5.17. The Kier molecular flexibility index (Phi) is 5.16. The van der Waals surface area contributed by atoms with Crippen molar-refractivity contribution in [3.05, 3.63) is 22.4 Å². The second-order valence-corrected chi connectivity index (χ2v) is 7.48. The first kappa shape index (κ1) is 16.0. The second-order valence-electron chi connectivity index (χ2n) is 6.50. The number of hydrogen-bond donors (Lipinski definition) is 1. The smallest absolute Gasteiger partial charge is 0.240 e. The maximum Gasteiger partial charge on any atom is 0.240 e. The highest BCUT2D eigenvalue weighted by Gasteiger charge is 2.35. The molecule has 0 bridgehead atoms. The molecular weight excluding hydrogens is 294 g/mol. The highest BCUT2D eigenvalue weighted by Crippen LogP contribution is 2.35. The van der Waals surface area contributed by atoms with Gasteiger partial charge in [-0.2, -0.15) is 0 Å². The highest BCUT2D eigenvalue weighted by molar-refractivity contribution is 7.10. The quantitative estimate of drug-likeness (QED) is 0.925. The minimum atomic E-state index is -0.00304. The first-order valence-corrected chi connectivity index (χ1v) is 9.34. The van der Waals surface area contributed by atoms with E-state index in [1.165, 1.54) is 17.7 Å². The SMILES string of the molecule is CNC1CCCN(C(C)C(=O)N2CCCC2c2cccs2)C1. The van der Waals surface area contributed by atoms with E-state index in [1.807, 2.05) is 7.05 Å². The number of carbonyl (C=O) groups is 1. The largest absolute Gasteiger partial charge is 0.333 e. The summed E-state index contributed by atoms with van der Waals surface area (Å²) in [6, 6.07) is 5.09. The molecule has 0 aromatic carbocycles. The number of piperidine rings is 1. The molecule has 2 fully saturated rings. The molecule has 3 rings (SSSR count). The van der Waals surface area contributed by atoms with Crippen LogP contribution in [-0.4, -0.2) is 54.5 Å². The number of likely N-dealkylation sites (N-methyl/N-ethyl adjacent to an activating group) is 1. The molecule has 0 radical (unpaired) electrons. The molecule has 1 amide bonds. The van der Waals surface area contributed by atoms with Gasteiger partial charge in [0.15, 0.2) is 0 Å². The molecule has 5 heteroatoms. The lowest BCUT2D eigenvalue weighted by Gasteiger charge is -2.38. The van der Waals surface area contributed by atoms with Crippen molar-refractivity contribution < 1.29 is 4.79 Å². The molecule has 22 heavy (non-hydrogen) atoms. The summed E-state index contributed by atoms with van der Waals surface area (Å²) >= 11 is 1.78. The van der Waals surface area contributed by atoms with E-state index in [0.717, 1.165) is 32.5 Å². The zero-order valence-corrected chi connectivity index (χ0v) is 14.4. The van der Waals surface area contributed by atoms with E-state index in [4.69, 9.17) is 0 Å². The van der Waals surface area contributed by atoms with Gasteiger partial charge in [-0.3, -0.25) is 9.69 Å². The van der Waals surface area contributed by atoms with Crippen molar-refractivity contribution in [3.8, 4) is 0 Å². The Balaban J connectivity index is 1.67. The molecule has 3 heterocycles. The third kappa shape index (κ3) is 3.21. The Morgan fingerprint density at radius 2 is 2.18 bits per heavy atom. The lowest BCUT2D eigenvalue weighted by Crippen LogP contribution is -2.53. The van der Waals surface area contributed by atoms with E-state index in [0.29, 0.717) is 18.0 Å². The van der Waals surface area contributed by atoms with Crippen LogP contribution in [0.15, 0.2) is 17.5 Å². The van der Waals surface area contributed by atoms with E-state index in [2.05, 4.69) is 39.6 Å². The predicted octanol–water partition coefficient (Wildman–Crippen LogP) is 2.48. The molecule has 3 atom stereocenters. The van der Waals surface area contributed by atoms with Crippen LogP contribution in [0.5, 0.6) is 0 Å². The van der Waals surface area contributed by atoms with Crippen molar-refractivity contribution >= 4 is 17.2 Å². The van der Waals surface area contributed by atoms with Crippen LogP contribution >= 0.6 is 11.3 Å². The van der Waals surface area contributed by atoms with Crippen molar-refractivity contribution in [1.82, 2.24) is 15.1 Å². The number of carbonyl (C=O) groups excluding carboxylic acids is 1. The maximum absolute atomic E-state index is 13.0. The minimum Gasteiger partial charge on any atom is -0.333 e. The number of hydrogen-bond acceptors (Lipinski definition) is 4. The summed E-state index contributed by atoms with van der Waals surface area (Å²) in [6.45, 7) is 5.03. The summed E-state index contributed by atoms with van der Waals surface area (Å²) in [6.07, 6.45) is 4.63. The fourth-order valence-corrected chi connectivity index (χ4v) is 4.67. The summed E-state index contributed by atoms with van der Waals surface area (Å²) in [4.78, 5) is 18.8. The van der Waals surface area contributed by atoms with E-state index >= 15 is 0 Å². The molecule has 122 valence electrons. The van der Waals surface area contributed by atoms with Gasteiger partial charge < -0.3 is 10.2 Å². The lowest BCUT2D eigenvalue weighted by atomic mass is 10.0. The number of likely N-dealkylation sites (tertiary alicyclic amines) is 2. The van der Waals surface area contributed by atoms with Gasteiger partial charge in [-0.1, -0.05) is 6.07 Å². The number of nitrogens with zero attached hydrogens (tertiary/aromatic N) is 2. The van der Waals surface area contributed by atoms with Crippen LogP contribution < -0.4 is 5.32 Å². The monoisotopic (exact) mass is 321 g/mol. The first-order chi connectivity index (χ1) is 10.7. The normalized spacial score (nSPS) is 28.0. The molecule has 1 N–H and O–H groups in total. The van der Waals surface area contributed by atoms with Crippen LogP contribution in [-0.2, 0) is 4.79 Å². The number of nitrogens with one attached hydrogen (secondary N) is 1. The van der Waals surface area contributed by atoms with Crippen LogP contribution in [0.1, 0.15) is 43.5 Å². The van der Waals surface area contributed by atoms with Gasteiger partial charge in [0.1, 0.15) is 0 Å². The van der Waals surface area contributed by atoms with Gasteiger partial charge >= 0.3 is 0 Å². The fourth-order valence-electron chi connectivity index (χ4n) is 3.80. The van der Waals surface area contributed by atoms with Crippen LogP contribution in [0.4, 0.5) is 0 Å². The third-order valence-corrected chi connectivity index (χ3v) is 6.15. The highest BCUT2D eigenvalue weighted by atomic mass is 32.1. The summed E-state index contributed by atoms with van der Waals surface area (Å²) in [5, 5.41) is 5.48. The standard InChI is InChI=1S/C17H27N3OS/c1-13(19-9-3-6-14(12-19)18-2)17(21)20-10-4-7-15(20)16-8-5-11-22-16/h5,8,11,13-15,18H,3-4,6-7,9-10,12H2,1-2H3. The van der Waals surface area contributed by atoms with E-state index < -0.39 is 0 Å². The van der Waals surface area contributed by atoms with Crippen molar-refractivity contribution in [2.24, 2.45) is 0 Å². The summed E-state index contributed by atoms with van der Waals surface area (Å²) in [5.74, 6) is 0.313. The molecule has 1 aromatic heterocycles. The molecule has 0 aliphatic carbocycles. The topological polar surface area (TPSA) is 35.6 Å². The van der Waals surface area contributed by atoms with Gasteiger partial charge in [0, 0.05) is 24.0 Å². The maximum atomic E-state index is 13.0. The van der Waals surface area contributed by atoms with Gasteiger partial charge in [0.25, 0.3) is 0 Å². The number of thiophene rings is 1. The summed E-state index contributed by atoms with van der Waals surface area (Å²) in [5.41, 5.74) is 0. The van der Waals surface area contributed by atoms with Gasteiger partial charge in [0.05, 0.1) is 12.1 Å². The van der Waals surface area contributed by atoms with Crippen LogP contribution in [0.3, 0.4) is 0 Å². The molecule has 2 aliphatic rings. The van der Waals surface area contributed by atoms with E-state index in [9.17, 15) is 4.79 Å².